The molecule has 0 heterocycles. The van der Waals surface area contributed by atoms with Crippen LogP contribution in [0.1, 0.15) is 52.9 Å². The number of unbranched alkanes of at least 4 members (excludes halogenated alkanes) is 1. The zero-order chi connectivity index (χ0) is 12.9. The summed E-state index contributed by atoms with van der Waals surface area (Å²) in [5.41, 5.74) is -0.562. The summed E-state index contributed by atoms with van der Waals surface area (Å²) in [5.74, 6) is 0.272. The van der Waals surface area contributed by atoms with Crippen LogP contribution in [0.15, 0.2) is 0 Å². The molecule has 0 spiro atoms. The lowest BCUT2D eigenvalue weighted by Crippen LogP contribution is -2.28. The summed E-state index contributed by atoms with van der Waals surface area (Å²) in [6.45, 7) is 9.35. The SMILES string of the molecule is CCN(CCCCC(C)(C)C(=O)O)CC1CC1. The number of aliphatic carboxylic acids is 1. The maximum Gasteiger partial charge on any atom is 0.309 e. The van der Waals surface area contributed by atoms with Crippen molar-refractivity contribution in [3.63, 3.8) is 0 Å². The normalized spacial score (nSPS) is 16.5. The molecule has 0 atom stereocenters. The second-order valence-electron chi connectivity index (χ2n) is 5.98. The van der Waals surface area contributed by atoms with E-state index in [-0.39, 0.29) is 0 Å². The van der Waals surface area contributed by atoms with E-state index in [9.17, 15) is 4.79 Å². The van der Waals surface area contributed by atoms with Crippen LogP contribution in [0.4, 0.5) is 0 Å². The molecule has 3 heteroatoms. The Morgan fingerprint density at radius 3 is 2.47 bits per heavy atom. The minimum Gasteiger partial charge on any atom is -0.481 e. The van der Waals surface area contributed by atoms with E-state index in [1.165, 1.54) is 19.4 Å². The quantitative estimate of drug-likeness (QED) is 0.631. The predicted molar refractivity (Wildman–Crippen MR) is 70.1 cm³/mol. The van der Waals surface area contributed by atoms with Crippen molar-refractivity contribution in [3.05, 3.63) is 0 Å². The Kier molecular flexibility index (Phi) is 5.44. The molecule has 0 radical (unpaired) electrons. The van der Waals surface area contributed by atoms with Crippen molar-refractivity contribution in [1.82, 2.24) is 4.90 Å². The van der Waals surface area contributed by atoms with Gasteiger partial charge in [0, 0.05) is 6.54 Å². The van der Waals surface area contributed by atoms with Crippen LogP contribution in [-0.2, 0) is 4.79 Å². The minimum atomic E-state index is -0.678. The third-order valence-electron chi connectivity index (χ3n) is 3.77. The van der Waals surface area contributed by atoms with Crippen molar-refractivity contribution in [3.8, 4) is 0 Å². The van der Waals surface area contributed by atoms with Crippen LogP contribution in [0.2, 0.25) is 0 Å². The lowest BCUT2D eigenvalue weighted by molar-refractivity contribution is -0.147. The van der Waals surface area contributed by atoms with E-state index in [4.69, 9.17) is 5.11 Å². The monoisotopic (exact) mass is 241 g/mol. The van der Waals surface area contributed by atoms with Crippen LogP contribution < -0.4 is 0 Å². The third kappa shape index (κ3) is 5.53. The summed E-state index contributed by atoms with van der Waals surface area (Å²) >= 11 is 0. The van der Waals surface area contributed by atoms with Crippen LogP contribution in [0.5, 0.6) is 0 Å². The van der Waals surface area contributed by atoms with Crippen LogP contribution in [0, 0.1) is 11.3 Å². The molecular weight excluding hydrogens is 214 g/mol. The summed E-state index contributed by atoms with van der Waals surface area (Å²) in [6.07, 6.45) is 5.73. The minimum absolute atomic E-state index is 0.562. The van der Waals surface area contributed by atoms with E-state index >= 15 is 0 Å². The molecule has 0 aromatic rings. The van der Waals surface area contributed by atoms with Gasteiger partial charge in [0.25, 0.3) is 0 Å². The topological polar surface area (TPSA) is 40.5 Å². The molecule has 1 N–H and O–H groups in total. The highest BCUT2D eigenvalue weighted by Crippen LogP contribution is 2.30. The number of carboxylic acid groups (broad SMARTS) is 1. The first-order valence-corrected chi connectivity index (χ1v) is 6.91. The number of rotatable bonds is 9. The second kappa shape index (κ2) is 6.39. The zero-order valence-corrected chi connectivity index (χ0v) is 11.5. The maximum atomic E-state index is 10.9. The fraction of sp³-hybridized carbons (Fsp3) is 0.929. The molecular formula is C14H27NO2. The first-order chi connectivity index (χ1) is 7.95. The smallest absolute Gasteiger partial charge is 0.309 e. The Morgan fingerprint density at radius 2 is 2.00 bits per heavy atom. The number of carbonyl (C=O) groups is 1. The van der Waals surface area contributed by atoms with Gasteiger partial charge in [-0.15, -0.1) is 0 Å². The van der Waals surface area contributed by atoms with Crippen molar-refractivity contribution >= 4 is 5.97 Å². The fourth-order valence-corrected chi connectivity index (χ4v) is 2.05. The van der Waals surface area contributed by atoms with Gasteiger partial charge in [-0.05, 0) is 58.5 Å². The zero-order valence-electron chi connectivity index (χ0n) is 11.5. The first-order valence-electron chi connectivity index (χ1n) is 6.91. The second-order valence-corrected chi connectivity index (χ2v) is 5.98. The van der Waals surface area contributed by atoms with Gasteiger partial charge in [-0.1, -0.05) is 13.3 Å². The Labute approximate surface area is 105 Å². The third-order valence-corrected chi connectivity index (χ3v) is 3.77. The highest BCUT2D eigenvalue weighted by Gasteiger charge is 2.26. The van der Waals surface area contributed by atoms with E-state index in [1.807, 2.05) is 13.8 Å². The molecule has 1 rings (SSSR count). The van der Waals surface area contributed by atoms with E-state index in [2.05, 4.69) is 11.8 Å². The largest absolute Gasteiger partial charge is 0.481 e. The predicted octanol–water partition coefficient (Wildman–Crippen LogP) is 3.00. The molecule has 1 fully saturated rings. The fourth-order valence-electron chi connectivity index (χ4n) is 2.05. The molecule has 17 heavy (non-hydrogen) atoms. The molecule has 0 saturated heterocycles. The average Bonchev–Trinajstić information content (AvgIpc) is 3.06. The molecule has 1 saturated carbocycles. The van der Waals surface area contributed by atoms with Gasteiger partial charge in [0.1, 0.15) is 0 Å². The van der Waals surface area contributed by atoms with Crippen molar-refractivity contribution in [2.45, 2.75) is 52.9 Å². The van der Waals surface area contributed by atoms with Gasteiger partial charge >= 0.3 is 5.97 Å². The van der Waals surface area contributed by atoms with Crippen LogP contribution in [0.25, 0.3) is 0 Å². The molecule has 1 aliphatic rings. The number of carboxylic acids is 1. The average molecular weight is 241 g/mol. The van der Waals surface area contributed by atoms with Crippen LogP contribution in [-0.4, -0.2) is 35.6 Å². The van der Waals surface area contributed by atoms with Gasteiger partial charge < -0.3 is 10.0 Å². The lowest BCUT2D eigenvalue weighted by atomic mass is 9.87. The molecule has 100 valence electrons. The lowest BCUT2D eigenvalue weighted by Gasteiger charge is -2.22. The van der Waals surface area contributed by atoms with Gasteiger partial charge in [-0.25, -0.2) is 0 Å². The standard InChI is InChI=1S/C14H27NO2/c1-4-15(11-12-7-8-12)10-6-5-9-14(2,3)13(16)17/h12H,4-11H2,1-3H3,(H,16,17). The molecule has 3 nitrogen and oxygen atoms in total. The molecule has 0 amide bonds. The summed E-state index contributed by atoms with van der Waals surface area (Å²) in [6, 6.07) is 0. The molecule has 0 aromatic carbocycles. The highest BCUT2D eigenvalue weighted by atomic mass is 16.4. The highest BCUT2D eigenvalue weighted by molar-refractivity contribution is 5.73. The van der Waals surface area contributed by atoms with Gasteiger partial charge in [0.2, 0.25) is 0 Å². The van der Waals surface area contributed by atoms with Gasteiger partial charge in [-0.3, -0.25) is 4.79 Å². The van der Waals surface area contributed by atoms with Crippen LogP contribution in [0.3, 0.4) is 0 Å². The van der Waals surface area contributed by atoms with E-state index in [0.29, 0.717) is 0 Å². The Hall–Kier alpha value is -0.570. The molecule has 0 aromatic heterocycles. The summed E-state index contributed by atoms with van der Waals surface area (Å²) in [7, 11) is 0. The molecule has 1 aliphatic carbocycles. The summed E-state index contributed by atoms with van der Waals surface area (Å²) < 4.78 is 0. The Bertz CT molecular complexity index is 247. The van der Waals surface area contributed by atoms with E-state index in [1.54, 1.807) is 0 Å². The number of hydrogen-bond donors (Lipinski definition) is 1. The van der Waals surface area contributed by atoms with Crippen molar-refractivity contribution in [2.24, 2.45) is 11.3 Å². The molecule has 0 bridgehead atoms. The maximum absolute atomic E-state index is 10.9. The first kappa shape index (κ1) is 14.5. The summed E-state index contributed by atoms with van der Waals surface area (Å²) in [4.78, 5) is 13.5. The summed E-state index contributed by atoms with van der Waals surface area (Å²) in [5, 5.41) is 9.01. The van der Waals surface area contributed by atoms with Gasteiger partial charge in [0.15, 0.2) is 0 Å². The van der Waals surface area contributed by atoms with Gasteiger partial charge in [0.05, 0.1) is 5.41 Å². The Balaban J connectivity index is 2.11. The van der Waals surface area contributed by atoms with Crippen LogP contribution >= 0.6 is 0 Å². The Morgan fingerprint density at radius 1 is 1.35 bits per heavy atom. The number of hydrogen-bond acceptors (Lipinski definition) is 2. The van der Waals surface area contributed by atoms with Crippen molar-refractivity contribution < 1.29 is 9.90 Å². The van der Waals surface area contributed by atoms with Crippen molar-refractivity contribution in [2.75, 3.05) is 19.6 Å². The van der Waals surface area contributed by atoms with Crippen molar-refractivity contribution in [1.29, 1.82) is 0 Å². The van der Waals surface area contributed by atoms with Gasteiger partial charge in [-0.2, -0.15) is 0 Å². The number of nitrogens with zero attached hydrogens (tertiary/aromatic N) is 1. The molecule has 0 aliphatic heterocycles. The van der Waals surface area contributed by atoms with E-state index in [0.717, 1.165) is 38.3 Å². The molecule has 0 unspecified atom stereocenters. The van der Waals surface area contributed by atoms with E-state index < -0.39 is 11.4 Å².